The van der Waals surface area contributed by atoms with Crippen LogP contribution in [0.3, 0.4) is 0 Å². The van der Waals surface area contributed by atoms with Crippen molar-refractivity contribution in [3.8, 4) is 0 Å². The number of hydrogen-bond acceptors (Lipinski definition) is 5. The third-order valence-electron chi connectivity index (χ3n) is 2.65. The minimum atomic E-state index is 0.0467. The Morgan fingerprint density at radius 1 is 1.12 bits per heavy atom. The van der Waals surface area contributed by atoms with Gasteiger partial charge < -0.3 is 5.32 Å². The molecule has 0 spiro atoms. The Morgan fingerprint density at radius 2 is 1.82 bits per heavy atom. The van der Waals surface area contributed by atoms with Gasteiger partial charge in [0, 0.05) is 18.0 Å². The van der Waals surface area contributed by atoms with Crippen molar-refractivity contribution in [2.45, 2.75) is 19.9 Å². The van der Waals surface area contributed by atoms with E-state index in [1.807, 2.05) is 39.4 Å². The van der Waals surface area contributed by atoms with Gasteiger partial charge >= 0.3 is 0 Å². The molecule has 0 bridgehead atoms. The van der Waals surface area contributed by atoms with Crippen molar-refractivity contribution in [1.82, 2.24) is 25.5 Å². The maximum absolute atomic E-state index is 4.14. The van der Waals surface area contributed by atoms with Crippen molar-refractivity contribution < 1.29 is 0 Å². The molecule has 1 unspecified atom stereocenters. The maximum Gasteiger partial charge on any atom is 0.115 e. The molecule has 1 N–H and O–H groups in total. The fourth-order valence-electron chi connectivity index (χ4n) is 1.82. The largest absolute Gasteiger partial charge is 0.309 e. The maximum atomic E-state index is 4.14. The summed E-state index contributed by atoms with van der Waals surface area (Å²) in [4.78, 5) is 8.09. The van der Waals surface area contributed by atoms with E-state index in [1.54, 1.807) is 0 Å². The Labute approximate surface area is 100 Å². The predicted octanol–water partition coefficient (Wildman–Crippen LogP) is 1.19. The van der Waals surface area contributed by atoms with Crippen LogP contribution in [0, 0.1) is 13.8 Å². The van der Waals surface area contributed by atoms with Crippen molar-refractivity contribution in [3.63, 3.8) is 0 Å². The van der Waals surface area contributed by atoms with Crippen LogP contribution in [0.15, 0.2) is 24.8 Å². The molecule has 0 fully saturated rings. The number of nitrogens with zero attached hydrogens (tertiary/aromatic N) is 4. The second kappa shape index (κ2) is 4.97. The molecule has 0 saturated heterocycles. The Hall–Kier alpha value is -1.88. The van der Waals surface area contributed by atoms with Crippen LogP contribution in [0.4, 0.5) is 0 Å². The normalized spacial score (nSPS) is 12.4. The third kappa shape index (κ3) is 2.45. The zero-order valence-corrected chi connectivity index (χ0v) is 10.2. The van der Waals surface area contributed by atoms with E-state index in [0.717, 1.165) is 22.5 Å². The highest BCUT2D eigenvalue weighted by Crippen LogP contribution is 2.22. The van der Waals surface area contributed by atoms with Crippen LogP contribution in [0.2, 0.25) is 0 Å². The second-order valence-corrected chi connectivity index (χ2v) is 3.92. The Morgan fingerprint density at radius 3 is 2.47 bits per heavy atom. The van der Waals surface area contributed by atoms with Crippen molar-refractivity contribution in [2.24, 2.45) is 0 Å². The lowest BCUT2D eigenvalue weighted by molar-refractivity contribution is 0.669. The highest BCUT2D eigenvalue weighted by Gasteiger charge is 2.16. The van der Waals surface area contributed by atoms with E-state index in [0.29, 0.717) is 0 Å². The summed E-state index contributed by atoms with van der Waals surface area (Å²) in [6, 6.07) is 2.08. The SMILES string of the molecule is CNC(c1cncnc1)c1cc(C)nnc1C. The molecular weight excluding hydrogens is 214 g/mol. The zero-order chi connectivity index (χ0) is 12.3. The minimum absolute atomic E-state index is 0.0467. The van der Waals surface area contributed by atoms with Gasteiger partial charge in [-0.05, 0) is 32.5 Å². The zero-order valence-electron chi connectivity index (χ0n) is 10.2. The van der Waals surface area contributed by atoms with Crippen LogP contribution < -0.4 is 5.32 Å². The average molecular weight is 229 g/mol. The van der Waals surface area contributed by atoms with Gasteiger partial charge in [0.15, 0.2) is 0 Å². The number of rotatable bonds is 3. The summed E-state index contributed by atoms with van der Waals surface area (Å²) in [5, 5.41) is 11.4. The standard InChI is InChI=1S/C12H15N5/c1-8-4-11(9(2)17-16-8)12(13-3)10-5-14-7-15-6-10/h4-7,12-13H,1-3H3. The topological polar surface area (TPSA) is 63.6 Å². The van der Waals surface area contributed by atoms with Gasteiger partial charge in [-0.3, -0.25) is 0 Å². The number of hydrogen-bond donors (Lipinski definition) is 1. The van der Waals surface area contributed by atoms with Gasteiger partial charge in [-0.15, -0.1) is 0 Å². The lowest BCUT2D eigenvalue weighted by Crippen LogP contribution is -2.20. The van der Waals surface area contributed by atoms with Crippen LogP contribution >= 0.6 is 0 Å². The monoisotopic (exact) mass is 229 g/mol. The second-order valence-electron chi connectivity index (χ2n) is 3.92. The Balaban J connectivity index is 2.46. The van der Waals surface area contributed by atoms with Crippen LogP contribution in [0.1, 0.15) is 28.6 Å². The molecule has 5 heteroatoms. The van der Waals surface area contributed by atoms with Crippen LogP contribution in [0.5, 0.6) is 0 Å². The van der Waals surface area contributed by atoms with E-state index in [9.17, 15) is 0 Å². The van der Waals surface area contributed by atoms with Gasteiger partial charge in [-0.1, -0.05) is 0 Å². The molecule has 0 radical (unpaired) electrons. The van der Waals surface area contributed by atoms with Crippen LogP contribution in [-0.2, 0) is 0 Å². The van der Waals surface area contributed by atoms with Gasteiger partial charge in [0.25, 0.3) is 0 Å². The summed E-state index contributed by atoms with van der Waals surface area (Å²) in [6.07, 6.45) is 5.14. The molecule has 0 amide bonds. The fourth-order valence-corrected chi connectivity index (χ4v) is 1.82. The van der Waals surface area contributed by atoms with E-state index in [1.165, 1.54) is 6.33 Å². The van der Waals surface area contributed by atoms with Gasteiger partial charge in [-0.2, -0.15) is 10.2 Å². The number of nitrogens with one attached hydrogen (secondary N) is 1. The van der Waals surface area contributed by atoms with E-state index in [4.69, 9.17) is 0 Å². The van der Waals surface area contributed by atoms with Crippen molar-refractivity contribution in [2.75, 3.05) is 7.05 Å². The average Bonchev–Trinajstić information content (AvgIpc) is 2.36. The first-order chi connectivity index (χ1) is 8.22. The molecule has 2 aromatic heterocycles. The van der Waals surface area contributed by atoms with E-state index >= 15 is 0 Å². The van der Waals surface area contributed by atoms with E-state index < -0.39 is 0 Å². The van der Waals surface area contributed by atoms with Gasteiger partial charge in [0.2, 0.25) is 0 Å². The molecule has 2 rings (SSSR count). The van der Waals surface area contributed by atoms with E-state index in [2.05, 4.69) is 25.5 Å². The van der Waals surface area contributed by atoms with Crippen molar-refractivity contribution in [1.29, 1.82) is 0 Å². The number of aromatic nitrogens is 4. The fraction of sp³-hybridized carbons (Fsp3) is 0.333. The molecule has 17 heavy (non-hydrogen) atoms. The molecule has 88 valence electrons. The molecule has 2 heterocycles. The molecule has 5 nitrogen and oxygen atoms in total. The lowest BCUT2D eigenvalue weighted by atomic mass is 10.0. The predicted molar refractivity (Wildman–Crippen MR) is 64.4 cm³/mol. The molecule has 1 atom stereocenters. The van der Waals surface area contributed by atoms with Gasteiger partial charge in [0.1, 0.15) is 6.33 Å². The minimum Gasteiger partial charge on any atom is -0.309 e. The quantitative estimate of drug-likeness (QED) is 0.856. The summed E-state index contributed by atoms with van der Waals surface area (Å²) in [7, 11) is 1.91. The van der Waals surface area contributed by atoms with Gasteiger partial charge in [-0.25, -0.2) is 9.97 Å². The first-order valence-corrected chi connectivity index (χ1v) is 5.45. The lowest BCUT2D eigenvalue weighted by Gasteiger charge is -2.17. The van der Waals surface area contributed by atoms with Crippen LogP contribution in [-0.4, -0.2) is 27.2 Å². The van der Waals surface area contributed by atoms with Crippen molar-refractivity contribution >= 4 is 0 Å². The molecule has 0 aliphatic heterocycles. The molecule has 0 saturated carbocycles. The molecule has 0 aliphatic rings. The Kier molecular flexibility index (Phi) is 3.39. The molecule has 0 aliphatic carbocycles. The summed E-state index contributed by atoms with van der Waals surface area (Å²) < 4.78 is 0. The van der Waals surface area contributed by atoms with Crippen molar-refractivity contribution in [3.05, 3.63) is 47.3 Å². The number of aryl methyl sites for hydroxylation is 2. The highest BCUT2D eigenvalue weighted by atomic mass is 15.1. The van der Waals surface area contributed by atoms with Gasteiger partial charge in [0.05, 0.1) is 17.4 Å². The molecular formula is C12H15N5. The summed E-state index contributed by atoms with van der Waals surface area (Å²) in [5.74, 6) is 0. The smallest absolute Gasteiger partial charge is 0.115 e. The first-order valence-electron chi connectivity index (χ1n) is 5.45. The third-order valence-corrected chi connectivity index (χ3v) is 2.65. The first kappa shape index (κ1) is 11.6. The Bertz CT molecular complexity index is 498. The highest BCUT2D eigenvalue weighted by molar-refractivity contribution is 5.31. The molecule has 2 aromatic rings. The summed E-state index contributed by atoms with van der Waals surface area (Å²) in [5.41, 5.74) is 3.95. The van der Waals surface area contributed by atoms with E-state index in [-0.39, 0.29) is 6.04 Å². The summed E-state index contributed by atoms with van der Waals surface area (Å²) in [6.45, 7) is 3.89. The van der Waals surface area contributed by atoms with Crippen LogP contribution in [0.25, 0.3) is 0 Å². The summed E-state index contributed by atoms with van der Waals surface area (Å²) >= 11 is 0. The molecule has 0 aromatic carbocycles.